The lowest BCUT2D eigenvalue weighted by atomic mass is 10.2. The monoisotopic (exact) mass is 340 g/mol. The first-order chi connectivity index (χ1) is 10.9. The topological polar surface area (TPSA) is 35.5 Å². The molecule has 0 saturated heterocycles. The summed E-state index contributed by atoms with van der Waals surface area (Å²) in [5, 5.41) is 0.215. The molecule has 2 aromatic rings. The van der Waals surface area contributed by atoms with Crippen molar-refractivity contribution in [2.75, 3.05) is 0 Å². The molecule has 0 saturated carbocycles. The minimum atomic E-state index is -0.588. The van der Waals surface area contributed by atoms with E-state index in [0.29, 0.717) is 5.56 Å². The van der Waals surface area contributed by atoms with E-state index in [4.69, 9.17) is 21.1 Å². The second-order valence-electron chi connectivity index (χ2n) is 4.86. The van der Waals surface area contributed by atoms with Crippen LogP contribution in [0.5, 0.6) is 11.5 Å². The van der Waals surface area contributed by atoms with Gasteiger partial charge in [0.1, 0.15) is 29.7 Å². The van der Waals surface area contributed by atoms with E-state index in [1.165, 1.54) is 24.3 Å². The predicted octanol–water partition coefficient (Wildman–Crippen LogP) is 4.82. The third-order valence-electron chi connectivity index (χ3n) is 3.17. The van der Waals surface area contributed by atoms with Crippen LogP contribution in [0.15, 0.2) is 30.3 Å². The van der Waals surface area contributed by atoms with Crippen LogP contribution in [0.2, 0.25) is 5.02 Å². The van der Waals surface area contributed by atoms with Crippen LogP contribution in [-0.2, 0) is 11.4 Å². The Bertz CT molecular complexity index is 732. The molecule has 0 radical (unpaired) electrons. The second kappa shape index (κ2) is 7.42. The van der Waals surface area contributed by atoms with E-state index in [-0.39, 0.29) is 35.1 Å². The normalized spacial score (nSPS) is 10.5. The Balaban J connectivity index is 2.23. The zero-order valence-electron chi connectivity index (χ0n) is 12.7. The summed E-state index contributed by atoms with van der Waals surface area (Å²) < 4.78 is 38.0. The Morgan fingerprint density at radius 2 is 1.91 bits per heavy atom. The number of hydrogen-bond acceptors (Lipinski definition) is 3. The Morgan fingerprint density at radius 3 is 2.61 bits per heavy atom. The van der Waals surface area contributed by atoms with Gasteiger partial charge >= 0.3 is 5.97 Å². The molecule has 0 aliphatic carbocycles. The van der Waals surface area contributed by atoms with Gasteiger partial charge in [0.05, 0.1) is 10.6 Å². The first-order valence-corrected chi connectivity index (χ1v) is 7.36. The van der Waals surface area contributed by atoms with Crippen LogP contribution in [0.4, 0.5) is 8.78 Å². The van der Waals surface area contributed by atoms with Gasteiger partial charge in [-0.05, 0) is 30.7 Å². The quantitative estimate of drug-likeness (QED) is 0.578. The number of rotatable bonds is 5. The van der Waals surface area contributed by atoms with Gasteiger partial charge < -0.3 is 9.47 Å². The van der Waals surface area contributed by atoms with Crippen LogP contribution in [-0.4, -0.2) is 5.97 Å². The highest BCUT2D eigenvalue weighted by molar-refractivity contribution is 6.32. The lowest BCUT2D eigenvalue weighted by molar-refractivity contribution is -0.134. The maximum Gasteiger partial charge on any atom is 0.310 e. The molecule has 2 rings (SSSR count). The molecule has 0 unspecified atom stereocenters. The number of hydrogen-bond donors (Lipinski definition) is 0. The highest BCUT2D eigenvalue weighted by Crippen LogP contribution is 2.30. The molecular weight excluding hydrogens is 326 g/mol. The van der Waals surface area contributed by atoms with Crippen LogP contribution >= 0.6 is 11.6 Å². The van der Waals surface area contributed by atoms with Gasteiger partial charge in [0.2, 0.25) is 0 Å². The van der Waals surface area contributed by atoms with E-state index < -0.39 is 17.6 Å². The van der Waals surface area contributed by atoms with Crippen molar-refractivity contribution in [1.29, 1.82) is 0 Å². The number of halogens is 3. The van der Waals surface area contributed by atoms with Gasteiger partial charge in [-0.2, -0.15) is 0 Å². The highest BCUT2D eigenvalue weighted by atomic mass is 35.5. The fourth-order valence-electron chi connectivity index (χ4n) is 1.86. The van der Waals surface area contributed by atoms with E-state index >= 15 is 0 Å². The molecule has 0 spiro atoms. The summed E-state index contributed by atoms with van der Waals surface area (Å²) in [5.74, 6) is -1.40. The standard InChI is InChI=1S/C17H15ClF2O3/c1-3-17(21)23-15-6-4-5-13(19)11(15)9-22-16-8-14(20)10(2)7-12(16)18/h4-8H,3,9H2,1-2H3. The summed E-state index contributed by atoms with van der Waals surface area (Å²) in [5.41, 5.74) is 0.442. The molecule has 0 fully saturated rings. The van der Waals surface area contributed by atoms with E-state index in [0.717, 1.165) is 6.07 Å². The molecular formula is C17H15ClF2O3. The van der Waals surface area contributed by atoms with Gasteiger partial charge in [-0.1, -0.05) is 24.6 Å². The Morgan fingerprint density at radius 1 is 1.17 bits per heavy atom. The third kappa shape index (κ3) is 4.20. The van der Waals surface area contributed by atoms with Crippen molar-refractivity contribution in [2.24, 2.45) is 0 Å². The summed E-state index contributed by atoms with van der Waals surface area (Å²) in [4.78, 5) is 11.4. The van der Waals surface area contributed by atoms with Gasteiger partial charge in [0.25, 0.3) is 0 Å². The molecule has 0 atom stereocenters. The molecule has 0 aliphatic heterocycles. The molecule has 0 aromatic heterocycles. The van der Waals surface area contributed by atoms with Crippen molar-refractivity contribution in [2.45, 2.75) is 26.9 Å². The smallest absolute Gasteiger partial charge is 0.310 e. The number of aryl methyl sites for hydroxylation is 1. The molecule has 0 aliphatic rings. The maximum absolute atomic E-state index is 14.0. The molecule has 0 heterocycles. The SMILES string of the molecule is CCC(=O)Oc1cccc(F)c1COc1cc(F)c(C)cc1Cl. The summed E-state index contributed by atoms with van der Waals surface area (Å²) >= 11 is 5.98. The zero-order chi connectivity index (χ0) is 17.0. The van der Waals surface area contributed by atoms with Crippen molar-refractivity contribution in [1.82, 2.24) is 0 Å². The molecule has 3 nitrogen and oxygen atoms in total. The number of carbonyl (C=O) groups is 1. The molecule has 2 aromatic carbocycles. The van der Waals surface area contributed by atoms with Crippen molar-refractivity contribution in [3.63, 3.8) is 0 Å². The molecule has 0 amide bonds. The van der Waals surface area contributed by atoms with Crippen molar-refractivity contribution < 1.29 is 23.0 Å². The second-order valence-corrected chi connectivity index (χ2v) is 5.27. The Hall–Kier alpha value is -2.14. The first kappa shape index (κ1) is 17.2. The summed E-state index contributed by atoms with van der Waals surface area (Å²) in [6, 6.07) is 6.67. The van der Waals surface area contributed by atoms with Gasteiger partial charge in [-0.25, -0.2) is 8.78 Å². The molecule has 23 heavy (non-hydrogen) atoms. The largest absolute Gasteiger partial charge is 0.487 e. The predicted molar refractivity (Wildman–Crippen MR) is 82.8 cm³/mol. The van der Waals surface area contributed by atoms with E-state index in [9.17, 15) is 13.6 Å². The minimum absolute atomic E-state index is 0.0614. The van der Waals surface area contributed by atoms with E-state index in [1.54, 1.807) is 13.8 Å². The number of ether oxygens (including phenoxy) is 2. The summed E-state index contributed by atoms with van der Waals surface area (Å²) in [7, 11) is 0. The van der Waals surface area contributed by atoms with Crippen LogP contribution in [0.3, 0.4) is 0 Å². The fourth-order valence-corrected chi connectivity index (χ4v) is 2.13. The van der Waals surface area contributed by atoms with E-state index in [1.807, 2.05) is 0 Å². The molecule has 6 heteroatoms. The molecule has 0 bridgehead atoms. The molecule has 0 N–H and O–H groups in total. The van der Waals surface area contributed by atoms with Crippen LogP contribution in [0.25, 0.3) is 0 Å². The van der Waals surface area contributed by atoms with Gasteiger partial charge in [-0.3, -0.25) is 4.79 Å². The lowest BCUT2D eigenvalue weighted by Crippen LogP contribution is -2.10. The highest BCUT2D eigenvalue weighted by Gasteiger charge is 2.15. The van der Waals surface area contributed by atoms with Crippen LogP contribution < -0.4 is 9.47 Å². The van der Waals surface area contributed by atoms with E-state index in [2.05, 4.69) is 0 Å². The zero-order valence-corrected chi connectivity index (χ0v) is 13.4. The Kier molecular flexibility index (Phi) is 5.55. The molecule has 122 valence electrons. The summed E-state index contributed by atoms with van der Waals surface area (Å²) in [6.07, 6.45) is 0.159. The van der Waals surface area contributed by atoms with Gasteiger partial charge in [0, 0.05) is 12.5 Å². The van der Waals surface area contributed by atoms with Gasteiger partial charge in [0.15, 0.2) is 0 Å². The lowest BCUT2D eigenvalue weighted by Gasteiger charge is -2.13. The van der Waals surface area contributed by atoms with Crippen molar-refractivity contribution in [3.05, 3.63) is 58.1 Å². The number of esters is 1. The Labute approximate surface area is 137 Å². The van der Waals surface area contributed by atoms with Gasteiger partial charge in [-0.15, -0.1) is 0 Å². The average molecular weight is 341 g/mol. The van der Waals surface area contributed by atoms with Crippen molar-refractivity contribution in [3.8, 4) is 11.5 Å². The van der Waals surface area contributed by atoms with Crippen LogP contribution in [0, 0.1) is 18.6 Å². The number of carbonyl (C=O) groups excluding carboxylic acids is 1. The summed E-state index contributed by atoms with van der Waals surface area (Å²) in [6.45, 7) is 2.96. The fraction of sp³-hybridized carbons (Fsp3) is 0.235. The van der Waals surface area contributed by atoms with Crippen LogP contribution in [0.1, 0.15) is 24.5 Å². The minimum Gasteiger partial charge on any atom is -0.487 e. The third-order valence-corrected chi connectivity index (χ3v) is 3.47. The average Bonchev–Trinajstić information content (AvgIpc) is 2.51. The maximum atomic E-state index is 14.0. The first-order valence-electron chi connectivity index (χ1n) is 6.99. The van der Waals surface area contributed by atoms with Crippen molar-refractivity contribution >= 4 is 17.6 Å². The number of benzene rings is 2.